The number of rotatable bonds is 6. The Morgan fingerprint density at radius 2 is 2.00 bits per heavy atom. The molecule has 2 aromatic rings. The highest BCUT2D eigenvalue weighted by Gasteiger charge is 2.07. The molecule has 3 nitrogen and oxygen atoms in total. The summed E-state index contributed by atoms with van der Waals surface area (Å²) in [5, 5.41) is 0. The van der Waals surface area contributed by atoms with Crippen molar-refractivity contribution in [1.82, 2.24) is 0 Å². The molecule has 0 amide bonds. The first-order valence-electron chi connectivity index (χ1n) is 6.65. The van der Waals surface area contributed by atoms with Crippen LogP contribution in [0, 0.1) is 13.8 Å². The molecule has 0 saturated heterocycles. The van der Waals surface area contributed by atoms with Crippen molar-refractivity contribution in [2.24, 2.45) is 5.73 Å². The quantitative estimate of drug-likeness (QED) is 0.808. The molecule has 0 spiro atoms. The Morgan fingerprint density at radius 1 is 1.16 bits per heavy atom. The van der Waals surface area contributed by atoms with E-state index in [0.29, 0.717) is 19.8 Å². The van der Waals surface area contributed by atoms with Crippen LogP contribution in [0.1, 0.15) is 23.3 Å². The van der Waals surface area contributed by atoms with Gasteiger partial charge >= 0.3 is 0 Å². The van der Waals surface area contributed by atoms with E-state index >= 15 is 0 Å². The van der Waals surface area contributed by atoms with Crippen molar-refractivity contribution in [3.8, 4) is 11.3 Å². The van der Waals surface area contributed by atoms with Crippen LogP contribution in [0.25, 0.3) is 11.3 Å². The fourth-order valence-corrected chi connectivity index (χ4v) is 2.05. The molecule has 2 rings (SSSR count). The van der Waals surface area contributed by atoms with E-state index in [9.17, 15) is 0 Å². The summed E-state index contributed by atoms with van der Waals surface area (Å²) >= 11 is 0. The molecule has 0 aliphatic rings. The van der Waals surface area contributed by atoms with Crippen LogP contribution < -0.4 is 5.73 Å². The third-order valence-corrected chi connectivity index (χ3v) is 3.05. The number of hydrogen-bond acceptors (Lipinski definition) is 3. The summed E-state index contributed by atoms with van der Waals surface area (Å²) in [6, 6.07) is 10.3. The van der Waals surface area contributed by atoms with Crippen LogP contribution in [-0.2, 0) is 11.3 Å². The van der Waals surface area contributed by atoms with Crippen LogP contribution in [-0.4, -0.2) is 13.2 Å². The lowest BCUT2D eigenvalue weighted by molar-refractivity contribution is 0.106. The largest absolute Gasteiger partial charge is 0.459 e. The predicted molar refractivity (Wildman–Crippen MR) is 76.9 cm³/mol. The van der Waals surface area contributed by atoms with Crippen molar-refractivity contribution in [3.05, 3.63) is 47.2 Å². The smallest absolute Gasteiger partial charge is 0.134 e. The molecule has 0 bridgehead atoms. The summed E-state index contributed by atoms with van der Waals surface area (Å²) in [6.07, 6.45) is 0.880. The van der Waals surface area contributed by atoms with Gasteiger partial charge in [0.1, 0.15) is 18.1 Å². The third kappa shape index (κ3) is 3.69. The van der Waals surface area contributed by atoms with Crippen LogP contribution in [0.3, 0.4) is 0 Å². The minimum atomic E-state index is 0.505. The summed E-state index contributed by atoms with van der Waals surface area (Å²) in [5.41, 5.74) is 9.04. The zero-order valence-corrected chi connectivity index (χ0v) is 11.6. The minimum absolute atomic E-state index is 0.505. The highest BCUT2D eigenvalue weighted by atomic mass is 16.5. The lowest BCUT2D eigenvalue weighted by Gasteiger charge is -2.04. The Hall–Kier alpha value is -1.58. The summed E-state index contributed by atoms with van der Waals surface area (Å²) < 4.78 is 11.3. The van der Waals surface area contributed by atoms with Crippen molar-refractivity contribution < 1.29 is 9.15 Å². The van der Waals surface area contributed by atoms with Gasteiger partial charge in [0.15, 0.2) is 0 Å². The maximum atomic E-state index is 5.81. The van der Waals surface area contributed by atoms with E-state index in [1.165, 1.54) is 11.1 Å². The molecule has 2 N–H and O–H groups in total. The van der Waals surface area contributed by atoms with Gasteiger partial charge < -0.3 is 14.9 Å². The van der Waals surface area contributed by atoms with E-state index in [4.69, 9.17) is 14.9 Å². The summed E-state index contributed by atoms with van der Waals surface area (Å²) in [4.78, 5) is 0. The number of hydrogen-bond donors (Lipinski definition) is 1. The molecule has 0 atom stereocenters. The average Bonchev–Trinajstić information content (AvgIpc) is 2.83. The van der Waals surface area contributed by atoms with Gasteiger partial charge in [0.2, 0.25) is 0 Å². The third-order valence-electron chi connectivity index (χ3n) is 3.05. The first-order chi connectivity index (χ1) is 9.20. The van der Waals surface area contributed by atoms with Crippen molar-refractivity contribution in [3.63, 3.8) is 0 Å². The second kappa shape index (κ2) is 6.55. The van der Waals surface area contributed by atoms with Crippen molar-refractivity contribution >= 4 is 0 Å². The summed E-state index contributed by atoms with van der Waals surface area (Å²) in [5.74, 6) is 1.75. The van der Waals surface area contributed by atoms with Crippen LogP contribution in [0.4, 0.5) is 0 Å². The van der Waals surface area contributed by atoms with Crippen LogP contribution in [0.2, 0.25) is 0 Å². The molecule has 102 valence electrons. The van der Waals surface area contributed by atoms with Crippen LogP contribution in [0.15, 0.2) is 34.7 Å². The predicted octanol–water partition coefficient (Wildman–Crippen LogP) is 3.43. The lowest BCUT2D eigenvalue weighted by atomic mass is 10.0. The molecule has 3 heteroatoms. The summed E-state index contributed by atoms with van der Waals surface area (Å²) in [7, 11) is 0. The van der Waals surface area contributed by atoms with Gasteiger partial charge in [0, 0.05) is 12.2 Å². The highest BCUT2D eigenvalue weighted by Crippen LogP contribution is 2.26. The Morgan fingerprint density at radius 3 is 2.74 bits per heavy atom. The number of aryl methyl sites for hydroxylation is 2. The van der Waals surface area contributed by atoms with E-state index in [1.54, 1.807) is 0 Å². The van der Waals surface area contributed by atoms with Gasteiger partial charge in [-0.2, -0.15) is 0 Å². The van der Waals surface area contributed by atoms with Crippen LogP contribution >= 0.6 is 0 Å². The molecule has 0 aliphatic carbocycles. The first kappa shape index (κ1) is 13.8. The first-order valence-corrected chi connectivity index (χ1v) is 6.65. The fraction of sp³-hybridized carbons (Fsp3) is 0.375. The fourth-order valence-electron chi connectivity index (χ4n) is 2.05. The molecule has 0 fully saturated rings. The van der Waals surface area contributed by atoms with Gasteiger partial charge in [-0.1, -0.05) is 23.8 Å². The zero-order chi connectivity index (χ0) is 13.7. The number of furan rings is 1. The molecule has 1 aromatic carbocycles. The van der Waals surface area contributed by atoms with Gasteiger partial charge in [-0.25, -0.2) is 0 Å². The van der Waals surface area contributed by atoms with Crippen molar-refractivity contribution in [1.29, 1.82) is 0 Å². The average molecular weight is 259 g/mol. The number of ether oxygens (including phenoxy) is 1. The SMILES string of the molecule is Cc1ccc(-c2ccc(COCCCN)o2)c(C)c1. The molecule has 0 saturated carbocycles. The normalized spacial score (nSPS) is 10.9. The van der Waals surface area contributed by atoms with E-state index < -0.39 is 0 Å². The summed E-state index contributed by atoms with van der Waals surface area (Å²) in [6.45, 7) is 6.03. The molecular weight excluding hydrogens is 238 g/mol. The van der Waals surface area contributed by atoms with Crippen molar-refractivity contribution in [2.45, 2.75) is 26.9 Å². The molecule has 1 heterocycles. The van der Waals surface area contributed by atoms with E-state index in [1.807, 2.05) is 12.1 Å². The number of nitrogens with two attached hydrogens (primary N) is 1. The monoisotopic (exact) mass is 259 g/mol. The van der Waals surface area contributed by atoms with Gasteiger partial charge in [-0.3, -0.25) is 0 Å². The second-order valence-electron chi connectivity index (χ2n) is 4.78. The Balaban J connectivity index is 2.04. The molecular formula is C16H21NO2. The van der Waals surface area contributed by atoms with Gasteiger partial charge in [-0.15, -0.1) is 0 Å². The van der Waals surface area contributed by atoms with Crippen LogP contribution in [0.5, 0.6) is 0 Å². The minimum Gasteiger partial charge on any atom is -0.459 e. The van der Waals surface area contributed by atoms with E-state index in [2.05, 4.69) is 32.0 Å². The second-order valence-corrected chi connectivity index (χ2v) is 4.78. The lowest BCUT2D eigenvalue weighted by Crippen LogP contribution is -2.03. The molecule has 0 aliphatic heterocycles. The molecule has 1 aromatic heterocycles. The van der Waals surface area contributed by atoms with Gasteiger partial charge in [0.25, 0.3) is 0 Å². The highest BCUT2D eigenvalue weighted by molar-refractivity contribution is 5.62. The Bertz CT molecular complexity index is 531. The van der Waals surface area contributed by atoms with E-state index in [-0.39, 0.29) is 0 Å². The molecule has 0 unspecified atom stereocenters. The van der Waals surface area contributed by atoms with Gasteiger partial charge in [0.05, 0.1) is 0 Å². The standard InChI is InChI=1S/C16H21NO2/c1-12-4-6-15(13(2)10-12)16-7-5-14(19-16)11-18-9-3-8-17/h4-7,10H,3,8-9,11,17H2,1-2H3. The van der Waals surface area contributed by atoms with E-state index in [0.717, 1.165) is 23.5 Å². The Kier molecular flexibility index (Phi) is 4.77. The topological polar surface area (TPSA) is 48.4 Å². The maximum absolute atomic E-state index is 5.81. The Labute approximate surface area is 114 Å². The van der Waals surface area contributed by atoms with Crippen molar-refractivity contribution in [2.75, 3.05) is 13.2 Å². The number of benzene rings is 1. The molecule has 0 radical (unpaired) electrons. The zero-order valence-electron chi connectivity index (χ0n) is 11.6. The molecule has 19 heavy (non-hydrogen) atoms. The maximum Gasteiger partial charge on any atom is 0.134 e. The van der Waals surface area contributed by atoms with Gasteiger partial charge in [-0.05, 0) is 44.5 Å².